The summed E-state index contributed by atoms with van der Waals surface area (Å²) in [7, 11) is 0. The Balaban J connectivity index is 1.84. The van der Waals surface area contributed by atoms with Crippen LogP contribution in [0.15, 0.2) is 24.3 Å². The fraction of sp³-hybridized carbons (Fsp3) is 0.632. The second kappa shape index (κ2) is 8.38. The number of hydrogen-bond donors (Lipinski definition) is 2. The molecule has 0 aromatic heterocycles. The van der Waals surface area contributed by atoms with Crippen LogP contribution in [0.1, 0.15) is 46.1 Å². The van der Waals surface area contributed by atoms with Crippen LogP contribution in [0, 0.1) is 0 Å². The van der Waals surface area contributed by atoms with Gasteiger partial charge in [0.05, 0.1) is 0 Å². The zero-order chi connectivity index (χ0) is 17.6. The predicted molar refractivity (Wildman–Crippen MR) is 98.3 cm³/mol. The molecule has 1 heterocycles. The Kier molecular flexibility index (Phi) is 6.49. The Labute approximate surface area is 145 Å². The number of anilines is 1. The third-order valence-corrected chi connectivity index (χ3v) is 3.96. The first kappa shape index (κ1) is 18.6. The minimum atomic E-state index is -0.469. The zero-order valence-corrected chi connectivity index (χ0v) is 15.4. The van der Waals surface area contributed by atoms with Gasteiger partial charge in [0.1, 0.15) is 5.60 Å². The molecular formula is C19H31N3O2. The quantitative estimate of drug-likeness (QED) is 0.835. The number of benzene rings is 1. The van der Waals surface area contributed by atoms with E-state index in [0.717, 1.165) is 12.2 Å². The summed E-state index contributed by atoms with van der Waals surface area (Å²) in [4.78, 5) is 14.2. The molecule has 1 aromatic carbocycles. The monoisotopic (exact) mass is 333 g/mol. The van der Waals surface area contributed by atoms with Crippen LogP contribution >= 0.6 is 0 Å². The number of nitrogens with one attached hydrogen (secondary N) is 2. The molecule has 1 fully saturated rings. The van der Waals surface area contributed by atoms with Gasteiger partial charge in [-0.05, 0) is 65.3 Å². The Morgan fingerprint density at radius 1 is 1.25 bits per heavy atom. The van der Waals surface area contributed by atoms with Crippen molar-refractivity contribution in [3.63, 3.8) is 0 Å². The summed E-state index contributed by atoms with van der Waals surface area (Å²) < 4.78 is 5.27. The molecule has 0 aliphatic carbocycles. The Morgan fingerprint density at radius 2 is 1.92 bits per heavy atom. The molecule has 24 heavy (non-hydrogen) atoms. The van der Waals surface area contributed by atoms with Crippen LogP contribution in [0.5, 0.6) is 0 Å². The molecule has 134 valence electrons. The van der Waals surface area contributed by atoms with Gasteiger partial charge in [-0.2, -0.15) is 0 Å². The van der Waals surface area contributed by atoms with E-state index in [2.05, 4.69) is 40.7 Å². The topological polar surface area (TPSA) is 53.6 Å². The molecule has 1 amide bonds. The first-order valence-corrected chi connectivity index (χ1v) is 8.87. The second-order valence-electron chi connectivity index (χ2n) is 7.57. The van der Waals surface area contributed by atoms with E-state index in [1.807, 2.05) is 26.8 Å². The van der Waals surface area contributed by atoms with Gasteiger partial charge in [0, 0.05) is 24.8 Å². The van der Waals surface area contributed by atoms with E-state index in [1.165, 1.54) is 31.5 Å². The average Bonchev–Trinajstić information content (AvgIpc) is 2.98. The number of amides is 1. The van der Waals surface area contributed by atoms with Gasteiger partial charge < -0.3 is 15.4 Å². The number of para-hydroxylation sites is 1. The number of nitrogens with zero attached hydrogens (tertiary/aromatic N) is 1. The fourth-order valence-corrected chi connectivity index (χ4v) is 2.85. The third kappa shape index (κ3) is 6.40. The lowest BCUT2D eigenvalue weighted by atomic mass is 10.1. The minimum Gasteiger partial charge on any atom is -0.444 e. The summed E-state index contributed by atoms with van der Waals surface area (Å²) in [5.41, 5.74) is 1.98. The van der Waals surface area contributed by atoms with Crippen molar-refractivity contribution in [2.75, 3.05) is 25.0 Å². The van der Waals surface area contributed by atoms with Crippen LogP contribution in [-0.2, 0) is 11.3 Å². The second-order valence-corrected chi connectivity index (χ2v) is 7.57. The summed E-state index contributed by atoms with van der Waals surface area (Å²) in [6, 6.07) is 8.53. The maximum absolute atomic E-state index is 11.7. The molecule has 0 radical (unpaired) electrons. The largest absolute Gasteiger partial charge is 0.444 e. The third-order valence-electron chi connectivity index (χ3n) is 3.96. The first-order chi connectivity index (χ1) is 11.3. The van der Waals surface area contributed by atoms with Gasteiger partial charge in [-0.15, -0.1) is 0 Å². The normalized spacial score (nSPS) is 16.7. The molecule has 1 unspecified atom stereocenters. The van der Waals surface area contributed by atoms with Crippen molar-refractivity contribution < 1.29 is 9.53 Å². The van der Waals surface area contributed by atoms with Crippen LogP contribution in [0.25, 0.3) is 0 Å². The number of carbonyl (C=O) groups excluding carboxylic acids is 1. The van der Waals surface area contributed by atoms with Crippen LogP contribution < -0.4 is 10.6 Å². The lowest BCUT2D eigenvalue weighted by Gasteiger charge is -2.23. The molecule has 2 N–H and O–H groups in total. The van der Waals surface area contributed by atoms with E-state index >= 15 is 0 Å². The molecule has 1 saturated heterocycles. The summed E-state index contributed by atoms with van der Waals surface area (Å²) >= 11 is 0. The molecular weight excluding hydrogens is 302 g/mol. The highest BCUT2D eigenvalue weighted by Gasteiger charge is 2.17. The maximum atomic E-state index is 11.7. The highest BCUT2D eigenvalue weighted by atomic mass is 16.6. The summed E-state index contributed by atoms with van der Waals surface area (Å²) in [6.45, 7) is 11.5. The number of hydrogen-bond acceptors (Lipinski definition) is 4. The van der Waals surface area contributed by atoms with Gasteiger partial charge in [-0.3, -0.25) is 4.90 Å². The summed E-state index contributed by atoms with van der Waals surface area (Å²) in [6.07, 6.45) is 2.22. The molecule has 5 nitrogen and oxygen atoms in total. The highest BCUT2D eigenvalue weighted by molar-refractivity contribution is 5.67. The number of carbonyl (C=O) groups is 1. The summed E-state index contributed by atoms with van der Waals surface area (Å²) in [5.74, 6) is 0. The van der Waals surface area contributed by atoms with E-state index in [4.69, 9.17) is 4.74 Å². The van der Waals surface area contributed by atoms with Crippen LogP contribution in [0.2, 0.25) is 0 Å². The van der Waals surface area contributed by atoms with E-state index < -0.39 is 5.60 Å². The smallest absolute Gasteiger partial charge is 0.407 e. The van der Waals surface area contributed by atoms with Crippen molar-refractivity contribution in [1.29, 1.82) is 0 Å². The van der Waals surface area contributed by atoms with Crippen LogP contribution in [-0.4, -0.2) is 42.3 Å². The van der Waals surface area contributed by atoms with Crippen molar-refractivity contribution in [2.24, 2.45) is 0 Å². The van der Waals surface area contributed by atoms with Gasteiger partial charge in [0.25, 0.3) is 0 Å². The van der Waals surface area contributed by atoms with E-state index in [0.29, 0.717) is 6.54 Å². The molecule has 0 bridgehead atoms. The number of likely N-dealkylation sites (tertiary alicyclic amines) is 1. The molecule has 0 spiro atoms. The van der Waals surface area contributed by atoms with E-state index in [9.17, 15) is 4.79 Å². The van der Waals surface area contributed by atoms with E-state index in [-0.39, 0.29) is 12.1 Å². The van der Waals surface area contributed by atoms with Crippen molar-refractivity contribution in [1.82, 2.24) is 10.2 Å². The SMILES string of the molecule is CC(CNC(=O)OC(C)(C)C)Nc1ccccc1CN1CCCC1. The zero-order valence-electron chi connectivity index (χ0n) is 15.4. The van der Waals surface area contributed by atoms with Crippen molar-refractivity contribution in [3.8, 4) is 0 Å². The number of rotatable bonds is 6. The molecule has 1 aliphatic rings. The predicted octanol–water partition coefficient (Wildman–Crippen LogP) is 3.61. The van der Waals surface area contributed by atoms with Gasteiger partial charge in [0.15, 0.2) is 0 Å². The highest BCUT2D eigenvalue weighted by Crippen LogP contribution is 2.20. The van der Waals surface area contributed by atoms with Crippen molar-refractivity contribution in [2.45, 2.75) is 58.7 Å². The lowest BCUT2D eigenvalue weighted by molar-refractivity contribution is 0.0526. The molecule has 1 aromatic rings. The van der Waals surface area contributed by atoms with Gasteiger partial charge >= 0.3 is 6.09 Å². The van der Waals surface area contributed by atoms with Crippen molar-refractivity contribution in [3.05, 3.63) is 29.8 Å². The molecule has 2 rings (SSSR count). The van der Waals surface area contributed by atoms with Crippen molar-refractivity contribution >= 4 is 11.8 Å². The Bertz CT molecular complexity index is 534. The maximum Gasteiger partial charge on any atom is 0.407 e. The van der Waals surface area contributed by atoms with E-state index in [1.54, 1.807) is 0 Å². The number of ether oxygens (including phenoxy) is 1. The van der Waals surface area contributed by atoms with Gasteiger partial charge in [-0.25, -0.2) is 4.79 Å². The first-order valence-electron chi connectivity index (χ1n) is 8.87. The Hall–Kier alpha value is -1.75. The average molecular weight is 333 g/mol. The fourth-order valence-electron chi connectivity index (χ4n) is 2.85. The number of alkyl carbamates (subject to hydrolysis) is 1. The molecule has 1 atom stereocenters. The minimum absolute atomic E-state index is 0.122. The van der Waals surface area contributed by atoms with Gasteiger partial charge in [-0.1, -0.05) is 18.2 Å². The van der Waals surface area contributed by atoms with Crippen LogP contribution in [0.4, 0.5) is 10.5 Å². The Morgan fingerprint density at radius 3 is 2.58 bits per heavy atom. The lowest BCUT2D eigenvalue weighted by Crippen LogP contribution is -2.38. The molecule has 0 saturated carbocycles. The molecule has 5 heteroatoms. The van der Waals surface area contributed by atoms with Gasteiger partial charge in [0.2, 0.25) is 0 Å². The molecule has 1 aliphatic heterocycles. The standard InChI is InChI=1S/C19H31N3O2/c1-15(13-20-18(23)24-19(2,3)4)21-17-10-6-5-9-16(17)14-22-11-7-8-12-22/h5-6,9-10,15,21H,7-8,11-14H2,1-4H3,(H,20,23). The van der Waals surface area contributed by atoms with Crippen LogP contribution in [0.3, 0.4) is 0 Å². The summed E-state index contributed by atoms with van der Waals surface area (Å²) in [5, 5.41) is 6.32.